The van der Waals surface area contributed by atoms with Crippen LogP contribution in [0.5, 0.6) is 0 Å². The summed E-state index contributed by atoms with van der Waals surface area (Å²) in [7, 11) is 0. The molecule has 0 aliphatic heterocycles. The van der Waals surface area contributed by atoms with E-state index in [1.165, 1.54) is 6.08 Å². The van der Waals surface area contributed by atoms with Crippen LogP contribution >= 0.6 is 15.9 Å². The minimum absolute atomic E-state index is 0.356. The minimum Gasteiger partial charge on any atom is -0.247 e. The summed E-state index contributed by atoms with van der Waals surface area (Å²) in [5, 5.41) is 0.747. The summed E-state index contributed by atoms with van der Waals surface area (Å²) in [4.78, 5) is 0. The van der Waals surface area contributed by atoms with Crippen molar-refractivity contribution in [2.24, 2.45) is 0 Å². The van der Waals surface area contributed by atoms with Gasteiger partial charge in [0.25, 0.3) is 0 Å². The van der Waals surface area contributed by atoms with Crippen molar-refractivity contribution in [1.82, 2.24) is 0 Å². The lowest BCUT2D eigenvalue weighted by Crippen LogP contribution is -1.61. The summed E-state index contributed by atoms with van der Waals surface area (Å²) in [5.74, 6) is 0. The smallest absolute Gasteiger partial charge is 0.108 e. The van der Waals surface area contributed by atoms with Gasteiger partial charge in [-0.2, -0.15) is 0 Å². The van der Waals surface area contributed by atoms with Crippen molar-refractivity contribution in [3.8, 4) is 0 Å². The van der Waals surface area contributed by atoms with Crippen LogP contribution in [-0.2, 0) is 0 Å². The van der Waals surface area contributed by atoms with Crippen LogP contribution in [0.15, 0.2) is 12.2 Å². The fourth-order valence-electron chi connectivity index (χ4n) is 0.126. The summed E-state index contributed by atoms with van der Waals surface area (Å²) in [6.45, 7) is -0.356. The number of hydrogen-bond acceptors (Lipinski definition) is 0. The van der Waals surface area contributed by atoms with Crippen LogP contribution in [0.1, 0.15) is 0 Å². The molecule has 0 unspecified atom stereocenters. The van der Waals surface area contributed by atoms with Gasteiger partial charge in [0.2, 0.25) is 0 Å². The summed E-state index contributed by atoms with van der Waals surface area (Å²) in [6.07, 6.45) is 3.19. The zero-order valence-electron chi connectivity index (χ0n) is 3.32. The van der Waals surface area contributed by atoms with Crippen LogP contribution in [0, 0.1) is 0 Å². The summed E-state index contributed by atoms with van der Waals surface area (Å²) in [6, 6.07) is 0. The quantitative estimate of drug-likeness (QED) is 0.419. The number of allylic oxidation sites excluding steroid dienone is 2. The Morgan fingerprint density at radius 1 is 1.50 bits per heavy atom. The summed E-state index contributed by atoms with van der Waals surface area (Å²) < 4.78 is 11.1. The Labute approximate surface area is 45.2 Å². The van der Waals surface area contributed by atoms with E-state index in [9.17, 15) is 4.39 Å². The molecule has 0 atom stereocenters. The molecule has 6 heavy (non-hydrogen) atoms. The van der Waals surface area contributed by atoms with E-state index in [2.05, 4.69) is 15.9 Å². The van der Waals surface area contributed by atoms with E-state index >= 15 is 0 Å². The molecular weight excluding hydrogens is 147 g/mol. The first-order valence-electron chi connectivity index (χ1n) is 1.68. The Kier molecular flexibility index (Phi) is 5.28. The molecule has 0 aliphatic carbocycles. The van der Waals surface area contributed by atoms with Crippen LogP contribution in [0.3, 0.4) is 0 Å². The van der Waals surface area contributed by atoms with E-state index in [1.54, 1.807) is 6.08 Å². The third-order valence-electron chi connectivity index (χ3n) is 0.345. The third kappa shape index (κ3) is 4.15. The highest BCUT2D eigenvalue weighted by atomic mass is 79.9. The Morgan fingerprint density at radius 2 is 2.17 bits per heavy atom. The molecule has 0 bridgehead atoms. The molecule has 0 radical (unpaired) electrons. The topological polar surface area (TPSA) is 0 Å². The van der Waals surface area contributed by atoms with E-state index in [0.29, 0.717) is 0 Å². The van der Waals surface area contributed by atoms with Crippen molar-refractivity contribution in [3.63, 3.8) is 0 Å². The predicted octanol–water partition coefficient (Wildman–Crippen LogP) is 1.91. The second-order valence-corrected chi connectivity index (χ2v) is 1.43. The Bertz CT molecular complexity index is 36.8. The van der Waals surface area contributed by atoms with Crippen molar-refractivity contribution in [3.05, 3.63) is 12.2 Å². The lowest BCUT2D eigenvalue weighted by molar-refractivity contribution is 0.561. The molecule has 0 N–H and O–H groups in total. The van der Waals surface area contributed by atoms with Crippen molar-refractivity contribution >= 4 is 15.9 Å². The highest BCUT2D eigenvalue weighted by Crippen LogP contribution is 1.80. The zero-order chi connectivity index (χ0) is 4.83. The maximum atomic E-state index is 11.1. The van der Waals surface area contributed by atoms with Crippen molar-refractivity contribution < 1.29 is 4.39 Å². The molecule has 0 amide bonds. The van der Waals surface area contributed by atoms with Crippen LogP contribution in [0.4, 0.5) is 4.39 Å². The first kappa shape index (κ1) is 6.15. The molecule has 0 aromatic heterocycles. The van der Waals surface area contributed by atoms with E-state index in [0.717, 1.165) is 5.33 Å². The maximum absolute atomic E-state index is 11.1. The second-order valence-electron chi connectivity index (χ2n) is 0.780. The molecule has 0 aromatic carbocycles. The summed E-state index contributed by atoms with van der Waals surface area (Å²) >= 11 is 3.10. The van der Waals surface area contributed by atoms with Crippen molar-refractivity contribution in [2.45, 2.75) is 0 Å². The zero-order valence-corrected chi connectivity index (χ0v) is 4.91. The normalized spacial score (nSPS) is 10.3. The van der Waals surface area contributed by atoms with Crippen LogP contribution in [0.2, 0.25) is 0 Å². The SMILES string of the molecule is FC/C=C/CBr. The molecule has 0 aromatic rings. The predicted molar refractivity (Wildman–Crippen MR) is 28.9 cm³/mol. The van der Waals surface area contributed by atoms with Gasteiger partial charge in [-0.25, -0.2) is 4.39 Å². The maximum Gasteiger partial charge on any atom is 0.108 e. The molecule has 0 rings (SSSR count). The molecule has 0 nitrogen and oxygen atoms in total. The molecule has 2 heteroatoms. The van der Waals surface area contributed by atoms with Gasteiger partial charge < -0.3 is 0 Å². The molecule has 0 spiro atoms. The highest BCUT2D eigenvalue weighted by Gasteiger charge is 1.63. The van der Waals surface area contributed by atoms with E-state index in [1.807, 2.05) is 0 Å². The Hall–Kier alpha value is 0.150. The van der Waals surface area contributed by atoms with Crippen molar-refractivity contribution in [2.75, 3.05) is 12.0 Å². The van der Waals surface area contributed by atoms with E-state index in [4.69, 9.17) is 0 Å². The highest BCUT2D eigenvalue weighted by molar-refractivity contribution is 9.09. The minimum atomic E-state index is -0.356. The molecule has 0 saturated carbocycles. The fourth-order valence-corrected chi connectivity index (χ4v) is 0.390. The third-order valence-corrected chi connectivity index (χ3v) is 0.719. The lowest BCUT2D eigenvalue weighted by atomic mass is 10.6. The van der Waals surface area contributed by atoms with Gasteiger partial charge in [0.05, 0.1) is 0 Å². The van der Waals surface area contributed by atoms with E-state index in [-0.39, 0.29) is 6.67 Å². The molecule has 36 valence electrons. The first-order chi connectivity index (χ1) is 2.91. The fraction of sp³-hybridized carbons (Fsp3) is 0.500. The standard InChI is InChI=1S/C4H6BrF/c5-3-1-2-4-6/h1-2H,3-4H2/b2-1+. The number of halogens is 2. The van der Waals surface area contributed by atoms with Crippen LogP contribution < -0.4 is 0 Å². The average molecular weight is 153 g/mol. The van der Waals surface area contributed by atoms with E-state index < -0.39 is 0 Å². The first-order valence-corrected chi connectivity index (χ1v) is 2.81. The molecular formula is C4H6BrF. The Morgan fingerprint density at radius 3 is 2.33 bits per heavy atom. The van der Waals surface area contributed by atoms with Gasteiger partial charge in [-0.3, -0.25) is 0 Å². The Balaban J connectivity index is 2.73. The average Bonchev–Trinajstić information content (AvgIpc) is 1.61. The molecule has 0 fully saturated rings. The van der Waals surface area contributed by atoms with Gasteiger partial charge in [0.1, 0.15) is 6.67 Å². The monoisotopic (exact) mass is 152 g/mol. The van der Waals surface area contributed by atoms with Gasteiger partial charge in [0.15, 0.2) is 0 Å². The number of rotatable bonds is 2. The van der Waals surface area contributed by atoms with Gasteiger partial charge >= 0.3 is 0 Å². The van der Waals surface area contributed by atoms with Crippen LogP contribution in [0.25, 0.3) is 0 Å². The van der Waals surface area contributed by atoms with Gasteiger partial charge in [-0.15, -0.1) is 0 Å². The summed E-state index contributed by atoms with van der Waals surface area (Å²) in [5.41, 5.74) is 0. The number of hydrogen-bond donors (Lipinski definition) is 0. The second kappa shape index (κ2) is 5.15. The van der Waals surface area contributed by atoms with Gasteiger partial charge in [-0.05, 0) is 0 Å². The molecule has 0 heterocycles. The molecule has 0 aliphatic rings. The largest absolute Gasteiger partial charge is 0.247 e. The van der Waals surface area contributed by atoms with Gasteiger partial charge in [0, 0.05) is 5.33 Å². The van der Waals surface area contributed by atoms with Crippen molar-refractivity contribution in [1.29, 1.82) is 0 Å². The van der Waals surface area contributed by atoms with Gasteiger partial charge in [-0.1, -0.05) is 28.1 Å². The lowest BCUT2D eigenvalue weighted by Gasteiger charge is -1.69. The number of alkyl halides is 2. The van der Waals surface area contributed by atoms with Crippen LogP contribution in [-0.4, -0.2) is 12.0 Å². The molecule has 0 saturated heterocycles.